The number of rotatable bonds is 15. The number of amides is 1. The van der Waals surface area contributed by atoms with Crippen molar-refractivity contribution in [2.24, 2.45) is 5.92 Å². The van der Waals surface area contributed by atoms with E-state index in [-0.39, 0.29) is 18.3 Å². The molecular weight excluding hydrogens is 320 g/mol. The van der Waals surface area contributed by atoms with Crippen LogP contribution >= 0.6 is 0 Å². The highest BCUT2D eigenvalue weighted by atomic mass is 16.4. The summed E-state index contributed by atoms with van der Waals surface area (Å²) in [6.45, 7) is 2.22. The molecule has 1 aromatic heterocycles. The fraction of sp³-hybridized carbons (Fsp3) is 0.778. The van der Waals surface area contributed by atoms with Crippen molar-refractivity contribution in [1.29, 1.82) is 0 Å². The lowest BCUT2D eigenvalue weighted by atomic mass is 9.96. The first-order valence-electron chi connectivity index (χ1n) is 9.52. The van der Waals surface area contributed by atoms with E-state index in [1.807, 2.05) is 0 Å². The average molecular weight is 352 g/mol. The molecular formula is C18H32N4O3. The Morgan fingerprint density at radius 3 is 2.20 bits per heavy atom. The predicted molar refractivity (Wildman–Crippen MR) is 97.2 cm³/mol. The van der Waals surface area contributed by atoms with Gasteiger partial charge in [0.1, 0.15) is 6.33 Å². The number of carboxylic acids is 1. The number of nitrogens with zero attached hydrogens (tertiary/aromatic N) is 2. The predicted octanol–water partition coefficient (Wildman–Crippen LogP) is 4.15. The van der Waals surface area contributed by atoms with Crippen molar-refractivity contribution in [3.05, 3.63) is 6.33 Å². The Labute approximate surface area is 150 Å². The van der Waals surface area contributed by atoms with E-state index in [2.05, 4.69) is 27.4 Å². The Morgan fingerprint density at radius 1 is 1.08 bits per heavy atom. The molecule has 142 valence electrons. The maximum absolute atomic E-state index is 11.8. The molecule has 1 unspecified atom stereocenters. The maximum Gasteiger partial charge on any atom is 0.307 e. The van der Waals surface area contributed by atoms with Crippen LogP contribution in [-0.4, -0.2) is 32.2 Å². The van der Waals surface area contributed by atoms with Gasteiger partial charge in [0.2, 0.25) is 11.9 Å². The highest BCUT2D eigenvalue weighted by Crippen LogP contribution is 2.17. The average Bonchev–Trinajstić information content (AvgIpc) is 3.08. The van der Waals surface area contributed by atoms with E-state index in [1.54, 1.807) is 0 Å². The van der Waals surface area contributed by atoms with Gasteiger partial charge in [-0.3, -0.25) is 20.0 Å². The molecule has 1 rings (SSSR count). The molecule has 1 amide bonds. The summed E-state index contributed by atoms with van der Waals surface area (Å²) in [5.74, 6) is -1.75. The number of carboxylic acid groups (broad SMARTS) is 1. The monoisotopic (exact) mass is 352 g/mol. The summed E-state index contributed by atoms with van der Waals surface area (Å²) in [6, 6.07) is 0. The van der Waals surface area contributed by atoms with Gasteiger partial charge >= 0.3 is 5.97 Å². The number of carbonyl (C=O) groups excluding carboxylic acids is 1. The molecule has 0 aromatic carbocycles. The van der Waals surface area contributed by atoms with Crippen LogP contribution in [0.1, 0.15) is 84.0 Å². The molecule has 0 saturated heterocycles. The Hall–Kier alpha value is -1.92. The summed E-state index contributed by atoms with van der Waals surface area (Å²) in [5, 5.41) is 18.0. The van der Waals surface area contributed by atoms with Gasteiger partial charge in [0, 0.05) is 6.42 Å². The third kappa shape index (κ3) is 10.5. The minimum absolute atomic E-state index is 0.0404. The van der Waals surface area contributed by atoms with Crippen molar-refractivity contribution in [3.8, 4) is 0 Å². The molecule has 1 aromatic rings. The maximum atomic E-state index is 11.8. The number of aromatic nitrogens is 3. The third-order valence-corrected chi connectivity index (χ3v) is 4.35. The molecule has 25 heavy (non-hydrogen) atoms. The van der Waals surface area contributed by atoms with Crippen LogP contribution in [0, 0.1) is 5.92 Å². The zero-order valence-electron chi connectivity index (χ0n) is 15.3. The number of hydrogen-bond donors (Lipinski definition) is 3. The SMILES string of the molecule is CCCCCCCCCCCCC(CC(=O)Nc1nc[nH]n1)C(=O)O. The zero-order chi connectivity index (χ0) is 18.3. The molecule has 0 radical (unpaired) electrons. The molecule has 0 aliphatic heterocycles. The Balaban J connectivity index is 2.08. The van der Waals surface area contributed by atoms with Crippen molar-refractivity contribution in [2.75, 3.05) is 5.32 Å². The number of unbranched alkanes of at least 4 members (excludes halogenated alkanes) is 9. The van der Waals surface area contributed by atoms with Crippen molar-refractivity contribution in [3.63, 3.8) is 0 Å². The summed E-state index contributed by atoms with van der Waals surface area (Å²) in [7, 11) is 0. The second kappa shape index (κ2) is 13.4. The van der Waals surface area contributed by atoms with Crippen molar-refractivity contribution < 1.29 is 14.7 Å². The van der Waals surface area contributed by atoms with Crippen LogP contribution in [0.5, 0.6) is 0 Å². The van der Waals surface area contributed by atoms with Gasteiger partial charge in [0.15, 0.2) is 0 Å². The van der Waals surface area contributed by atoms with Crippen molar-refractivity contribution in [1.82, 2.24) is 15.2 Å². The first-order chi connectivity index (χ1) is 12.1. The lowest BCUT2D eigenvalue weighted by Crippen LogP contribution is -2.22. The van der Waals surface area contributed by atoms with E-state index in [9.17, 15) is 14.7 Å². The normalized spacial score (nSPS) is 12.0. The minimum atomic E-state index is -0.916. The second-order valence-electron chi connectivity index (χ2n) is 6.58. The second-order valence-corrected chi connectivity index (χ2v) is 6.58. The summed E-state index contributed by atoms with van der Waals surface area (Å²) in [5.41, 5.74) is 0. The van der Waals surface area contributed by atoms with Crippen LogP contribution in [0.2, 0.25) is 0 Å². The zero-order valence-corrected chi connectivity index (χ0v) is 15.3. The summed E-state index contributed by atoms with van der Waals surface area (Å²) in [6.07, 6.45) is 13.9. The third-order valence-electron chi connectivity index (χ3n) is 4.35. The Morgan fingerprint density at radius 2 is 1.68 bits per heavy atom. The fourth-order valence-corrected chi connectivity index (χ4v) is 2.86. The first-order valence-corrected chi connectivity index (χ1v) is 9.52. The lowest BCUT2D eigenvalue weighted by molar-refractivity contribution is -0.143. The molecule has 0 aliphatic rings. The summed E-state index contributed by atoms with van der Waals surface area (Å²) in [4.78, 5) is 26.9. The minimum Gasteiger partial charge on any atom is -0.481 e. The number of anilines is 1. The molecule has 7 nitrogen and oxygen atoms in total. The topological polar surface area (TPSA) is 108 Å². The van der Waals surface area contributed by atoms with Crippen molar-refractivity contribution in [2.45, 2.75) is 84.0 Å². The molecule has 3 N–H and O–H groups in total. The van der Waals surface area contributed by atoms with Gasteiger partial charge in [0.25, 0.3) is 0 Å². The number of hydrogen-bond acceptors (Lipinski definition) is 4. The number of aliphatic carboxylic acids is 1. The van der Waals surface area contributed by atoms with Crippen LogP contribution in [-0.2, 0) is 9.59 Å². The van der Waals surface area contributed by atoms with E-state index in [4.69, 9.17) is 0 Å². The molecule has 0 fully saturated rings. The van der Waals surface area contributed by atoms with Gasteiger partial charge in [-0.25, -0.2) is 4.98 Å². The van der Waals surface area contributed by atoms with E-state index in [0.717, 1.165) is 19.3 Å². The van der Waals surface area contributed by atoms with E-state index >= 15 is 0 Å². The van der Waals surface area contributed by atoms with E-state index in [0.29, 0.717) is 6.42 Å². The van der Waals surface area contributed by atoms with Crippen molar-refractivity contribution >= 4 is 17.8 Å². The molecule has 7 heteroatoms. The van der Waals surface area contributed by atoms with Gasteiger partial charge < -0.3 is 5.11 Å². The lowest BCUT2D eigenvalue weighted by Gasteiger charge is -2.11. The van der Waals surface area contributed by atoms with Gasteiger partial charge in [-0.05, 0) is 6.42 Å². The molecule has 0 aliphatic carbocycles. The molecule has 0 bridgehead atoms. The van der Waals surface area contributed by atoms with E-state index < -0.39 is 11.9 Å². The van der Waals surface area contributed by atoms with Crippen LogP contribution in [0.4, 0.5) is 5.95 Å². The molecule has 0 spiro atoms. The molecule has 1 heterocycles. The van der Waals surface area contributed by atoms with E-state index in [1.165, 1.54) is 51.3 Å². The van der Waals surface area contributed by atoms with Crippen LogP contribution < -0.4 is 5.32 Å². The van der Waals surface area contributed by atoms with Gasteiger partial charge in [0.05, 0.1) is 5.92 Å². The smallest absolute Gasteiger partial charge is 0.307 e. The number of carbonyl (C=O) groups is 2. The Bertz CT molecular complexity index is 477. The fourth-order valence-electron chi connectivity index (χ4n) is 2.86. The molecule has 0 saturated carbocycles. The highest BCUT2D eigenvalue weighted by Gasteiger charge is 2.21. The largest absolute Gasteiger partial charge is 0.481 e. The van der Waals surface area contributed by atoms with Gasteiger partial charge in [-0.1, -0.05) is 71.1 Å². The van der Waals surface area contributed by atoms with Crippen LogP contribution in [0.15, 0.2) is 6.33 Å². The summed E-state index contributed by atoms with van der Waals surface area (Å²) < 4.78 is 0. The summed E-state index contributed by atoms with van der Waals surface area (Å²) >= 11 is 0. The van der Waals surface area contributed by atoms with Crippen LogP contribution in [0.3, 0.4) is 0 Å². The standard InChI is InChI=1S/C18H32N4O3/c1-2-3-4-5-6-7-8-9-10-11-12-15(17(24)25)13-16(23)21-18-19-14-20-22-18/h14-15H,2-13H2,1H3,(H,24,25)(H2,19,20,21,22,23). The number of nitrogens with one attached hydrogen (secondary N) is 2. The first kappa shape index (κ1) is 21.1. The number of aromatic amines is 1. The van der Waals surface area contributed by atoms with Crippen LogP contribution in [0.25, 0.3) is 0 Å². The Kier molecular flexibility index (Phi) is 11.3. The molecule has 1 atom stereocenters. The number of H-pyrrole nitrogens is 1. The highest BCUT2D eigenvalue weighted by molar-refractivity contribution is 5.91. The van der Waals surface area contributed by atoms with Gasteiger partial charge in [-0.15, -0.1) is 5.10 Å². The van der Waals surface area contributed by atoms with Gasteiger partial charge in [-0.2, -0.15) is 0 Å². The quantitative estimate of drug-likeness (QED) is 0.411.